The second-order valence-corrected chi connectivity index (χ2v) is 20.5. The normalized spacial score (nSPS) is 19.4. The molecule has 13 heteroatoms. The Hall–Kier alpha value is -2.46. The van der Waals surface area contributed by atoms with Gasteiger partial charge in [0.15, 0.2) is 6.29 Å². The lowest BCUT2D eigenvalue weighted by atomic mass is 9.99. The zero-order valence-electron chi connectivity index (χ0n) is 45.2. The SMILES string of the molecule is CC/C=C\C/C=C\C/C=C\C/C=C\C/C=C\CCCCCCCCCCCC(=O)OC(COCCCCCCCCCCCC/C=C\CCCCCCCC)COC1OC(CO)C(O)C(OS(=O)(=O)O)C1O. The molecule has 6 unspecified atom stereocenters. The minimum absolute atomic E-state index is 0.0305. The van der Waals surface area contributed by atoms with Crippen LogP contribution >= 0.6 is 0 Å². The summed E-state index contributed by atoms with van der Waals surface area (Å²) in [6, 6.07) is 0. The Kier molecular flexibility index (Phi) is 46.4. The van der Waals surface area contributed by atoms with E-state index < -0.39 is 59.8 Å². The molecule has 0 saturated carbocycles. The Morgan fingerprint density at radius 3 is 1.42 bits per heavy atom. The quantitative estimate of drug-likeness (QED) is 0.0196. The van der Waals surface area contributed by atoms with Gasteiger partial charge in [0.05, 0.1) is 19.8 Å². The Morgan fingerprint density at radius 2 is 0.958 bits per heavy atom. The Labute approximate surface area is 439 Å². The molecule has 1 aliphatic rings. The zero-order valence-corrected chi connectivity index (χ0v) is 46.0. The minimum Gasteiger partial charge on any atom is -0.457 e. The molecule has 0 radical (unpaired) electrons. The second kappa shape index (κ2) is 49.4. The van der Waals surface area contributed by atoms with E-state index in [0.717, 1.165) is 77.0 Å². The largest absolute Gasteiger partial charge is 0.457 e. The Morgan fingerprint density at radius 1 is 0.542 bits per heavy atom. The number of hydrogen-bond donors (Lipinski definition) is 4. The maximum Gasteiger partial charge on any atom is 0.397 e. The monoisotopic (exact) mass is 1040 g/mol. The van der Waals surface area contributed by atoms with Gasteiger partial charge in [-0.1, -0.05) is 215 Å². The molecule has 0 amide bonds. The molecule has 1 saturated heterocycles. The number of rotatable bonds is 50. The highest BCUT2D eigenvalue weighted by Gasteiger charge is 2.48. The standard InChI is InChI=1S/C59H104O12S/c1-3-5-7-9-11-13-15-17-19-21-23-25-26-27-28-29-30-32-34-36-38-40-42-44-46-48-55(61)69-53(52-68-59-57(63)58(71-72(64,65)66)56(62)54(50-60)70-59)51-67-49-47-45-43-41-39-37-35-33-31-24-22-20-18-16-14-12-10-8-6-4-2/h5,7,11,13,17-20,23,25,27-28,53-54,56-60,62-63H,3-4,6,8-10,12,14-16,21-22,24,26,29-52H2,1-2H3,(H,64,65,66)/b7-5-,13-11-,19-17-,20-18-,25-23-,28-27-. The van der Waals surface area contributed by atoms with Gasteiger partial charge in [-0.2, -0.15) is 8.42 Å². The number of esters is 1. The van der Waals surface area contributed by atoms with Gasteiger partial charge in [-0.15, -0.1) is 0 Å². The number of aliphatic hydroxyl groups excluding tert-OH is 3. The molecule has 0 aromatic rings. The number of allylic oxidation sites excluding steroid dienone is 12. The fourth-order valence-electron chi connectivity index (χ4n) is 8.52. The van der Waals surface area contributed by atoms with Crippen LogP contribution in [0.3, 0.4) is 0 Å². The molecule has 6 atom stereocenters. The van der Waals surface area contributed by atoms with Crippen LogP contribution in [0.5, 0.6) is 0 Å². The van der Waals surface area contributed by atoms with Gasteiger partial charge >= 0.3 is 16.4 Å². The smallest absolute Gasteiger partial charge is 0.397 e. The molecule has 418 valence electrons. The van der Waals surface area contributed by atoms with Crippen LogP contribution in [0.1, 0.15) is 232 Å². The fraction of sp³-hybridized carbons (Fsp3) is 0.780. The Balaban J connectivity index is 2.31. The van der Waals surface area contributed by atoms with Crippen LogP contribution in [-0.4, -0.2) is 97.5 Å². The lowest BCUT2D eigenvalue weighted by Crippen LogP contribution is -2.60. The summed E-state index contributed by atoms with van der Waals surface area (Å²) in [4.78, 5) is 13.0. The summed E-state index contributed by atoms with van der Waals surface area (Å²) in [6.45, 7) is 3.89. The third-order valence-electron chi connectivity index (χ3n) is 12.8. The van der Waals surface area contributed by atoms with Crippen molar-refractivity contribution in [2.45, 2.75) is 269 Å². The van der Waals surface area contributed by atoms with Crippen LogP contribution in [0.2, 0.25) is 0 Å². The molecule has 1 fully saturated rings. The van der Waals surface area contributed by atoms with Gasteiger partial charge in [0.25, 0.3) is 0 Å². The van der Waals surface area contributed by atoms with Crippen LogP contribution in [0.4, 0.5) is 0 Å². The summed E-state index contributed by atoms with van der Waals surface area (Å²) in [5.41, 5.74) is 0. The van der Waals surface area contributed by atoms with Crippen molar-refractivity contribution in [3.63, 3.8) is 0 Å². The van der Waals surface area contributed by atoms with Crippen molar-refractivity contribution in [3.8, 4) is 0 Å². The summed E-state index contributed by atoms with van der Waals surface area (Å²) < 4.78 is 59.4. The van der Waals surface area contributed by atoms with E-state index in [0.29, 0.717) is 13.0 Å². The zero-order chi connectivity index (χ0) is 52.4. The fourth-order valence-corrected chi connectivity index (χ4v) is 9.03. The molecule has 1 heterocycles. The predicted octanol–water partition coefficient (Wildman–Crippen LogP) is 14.2. The van der Waals surface area contributed by atoms with E-state index in [1.165, 1.54) is 128 Å². The van der Waals surface area contributed by atoms with Crippen molar-refractivity contribution in [1.29, 1.82) is 0 Å². The average molecular weight is 1040 g/mol. The number of carbonyl (C=O) groups excluding carboxylic acids is 1. The lowest BCUT2D eigenvalue weighted by molar-refractivity contribution is -0.301. The molecule has 12 nitrogen and oxygen atoms in total. The summed E-state index contributed by atoms with van der Waals surface area (Å²) in [5, 5.41) is 30.8. The van der Waals surface area contributed by atoms with Crippen LogP contribution in [-0.2, 0) is 38.3 Å². The molecule has 0 aliphatic carbocycles. The van der Waals surface area contributed by atoms with Gasteiger partial charge in [0.1, 0.15) is 30.5 Å². The van der Waals surface area contributed by atoms with E-state index in [2.05, 4.69) is 90.9 Å². The molecule has 1 rings (SSSR count). The van der Waals surface area contributed by atoms with Crippen molar-refractivity contribution in [1.82, 2.24) is 0 Å². The van der Waals surface area contributed by atoms with Crippen molar-refractivity contribution in [2.75, 3.05) is 26.4 Å². The molecule has 0 aromatic heterocycles. The predicted molar refractivity (Wildman–Crippen MR) is 294 cm³/mol. The minimum atomic E-state index is -5.07. The van der Waals surface area contributed by atoms with Gasteiger partial charge in [-0.3, -0.25) is 9.35 Å². The number of unbranched alkanes of at least 4 members (excludes halogenated alkanes) is 25. The van der Waals surface area contributed by atoms with E-state index in [-0.39, 0.29) is 19.6 Å². The van der Waals surface area contributed by atoms with E-state index in [1.54, 1.807) is 0 Å². The molecule has 0 bridgehead atoms. The van der Waals surface area contributed by atoms with Crippen LogP contribution in [0.25, 0.3) is 0 Å². The maximum absolute atomic E-state index is 13.0. The molecular formula is C59H104O12S. The molecule has 0 spiro atoms. The molecule has 1 aliphatic heterocycles. The van der Waals surface area contributed by atoms with E-state index in [4.69, 9.17) is 18.9 Å². The third kappa shape index (κ3) is 41.8. The topological polar surface area (TPSA) is 178 Å². The third-order valence-corrected chi connectivity index (χ3v) is 13.3. The van der Waals surface area contributed by atoms with Crippen molar-refractivity contribution >= 4 is 16.4 Å². The number of carbonyl (C=O) groups is 1. The molecular weight excluding hydrogens is 933 g/mol. The Bertz CT molecular complexity index is 1520. The number of aliphatic hydroxyl groups is 3. The van der Waals surface area contributed by atoms with E-state index >= 15 is 0 Å². The van der Waals surface area contributed by atoms with Gasteiger partial charge < -0.3 is 34.3 Å². The number of hydrogen-bond acceptors (Lipinski definition) is 11. The molecule has 0 aromatic carbocycles. The van der Waals surface area contributed by atoms with Crippen LogP contribution < -0.4 is 0 Å². The van der Waals surface area contributed by atoms with Gasteiger partial charge in [-0.25, -0.2) is 4.18 Å². The second-order valence-electron chi connectivity index (χ2n) is 19.5. The average Bonchev–Trinajstić information content (AvgIpc) is 3.36. The lowest BCUT2D eigenvalue weighted by Gasteiger charge is -2.41. The molecule has 72 heavy (non-hydrogen) atoms. The number of ether oxygens (including phenoxy) is 4. The van der Waals surface area contributed by atoms with Crippen molar-refractivity contribution < 1.29 is 56.2 Å². The van der Waals surface area contributed by atoms with E-state index in [9.17, 15) is 33.1 Å². The summed E-state index contributed by atoms with van der Waals surface area (Å²) in [6.07, 6.45) is 56.4. The van der Waals surface area contributed by atoms with E-state index in [1.807, 2.05) is 0 Å². The highest BCUT2D eigenvalue weighted by Crippen LogP contribution is 2.26. The van der Waals surface area contributed by atoms with Crippen molar-refractivity contribution in [2.24, 2.45) is 0 Å². The first-order valence-corrected chi connectivity index (χ1v) is 30.1. The van der Waals surface area contributed by atoms with Crippen LogP contribution in [0.15, 0.2) is 72.9 Å². The van der Waals surface area contributed by atoms with Crippen LogP contribution in [0, 0.1) is 0 Å². The summed E-state index contributed by atoms with van der Waals surface area (Å²) in [7, 11) is -5.07. The maximum atomic E-state index is 13.0. The highest BCUT2D eigenvalue weighted by molar-refractivity contribution is 7.80. The van der Waals surface area contributed by atoms with Gasteiger partial charge in [-0.05, 0) is 83.5 Å². The van der Waals surface area contributed by atoms with Gasteiger partial charge in [0, 0.05) is 13.0 Å². The first-order valence-electron chi connectivity index (χ1n) is 28.7. The highest BCUT2D eigenvalue weighted by atomic mass is 32.3. The molecule has 4 N–H and O–H groups in total. The first-order chi connectivity index (χ1) is 35.1. The van der Waals surface area contributed by atoms with Gasteiger partial charge in [0.2, 0.25) is 0 Å². The van der Waals surface area contributed by atoms with Crippen molar-refractivity contribution in [3.05, 3.63) is 72.9 Å². The summed E-state index contributed by atoms with van der Waals surface area (Å²) >= 11 is 0. The summed E-state index contributed by atoms with van der Waals surface area (Å²) in [5.74, 6) is -0.406. The first kappa shape index (κ1) is 67.6.